The minimum atomic E-state index is -3.42. The molecular formula is C22H28N2O4S. The molecule has 1 aromatic heterocycles. The molecule has 6 nitrogen and oxygen atoms in total. The van der Waals surface area contributed by atoms with Crippen LogP contribution >= 0.6 is 0 Å². The summed E-state index contributed by atoms with van der Waals surface area (Å²) in [6.07, 6.45) is 7.96. The maximum absolute atomic E-state index is 12.9. The Bertz CT molecular complexity index is 882. The first-order valence-corrected chi connectivity index (χ1v) is 11.7. The van der Waals surface area contributed by atoms with Gasteiger partial charge in [0.25, 0.3) is 0 Å². The number of piperidine rings is 1. The van der Waals surface area contributed by atoms with E-state index in [1.54, 1.807) is 41.0 Å². The molecule has 1 unspecified atom stereocenters. The van der Waals surface area contributed by atoms with Crippen LogP contribution in [0.2, 0.25) is 0 Å². The lowest BCUT2D eigenvalue weighted by atomic mass is 9.79. The molecule has 7 heteroatoms. The highest BCUT2D eigenvalue weighted by Crippen LogP contribution is 2.39. The zero-order valence-corrected chi connectivity index (χ0v) is 17.4. The molecule has 0 N–H and O–H groups in total. The van der Waals surface area contributed by atoms with Crippen molar-refractivity contribution in [2.75, 3.05) is 26.3 Å². The minimum Gasteiger partial charge on any atom is -0.493 e. The number of ether oxygens (including phenoxy) is 2. The Morgan fingerprint density at radius 3 is 2.55 bits per heavy atom. The van der Waals surface area contributed by atoms with Gasteiger partial charge >= 0.3 is 0 Å². The van der Waals surface area contributed by atoms with Crippen molar-refractivity contribution in [3.8, 4) is 5.75 Å². The van der Waals surface area contributed by atoms with Crippen molar-refractivity contribution >= 4 is 10.0 Å². The number of sulfonamides is 1. The smallest absolute Gasteiger partial charge is 0.243 e. The summed E-state index contributed by atoms with van der Waals surface area (Å²) in [4.78, 5) is 4.37. The van der Waals surface area contributed by atoms with Gasteiger partial charge in [-0.25, -0.2) is 8.42 Å². The SMILES string of the molecule is O=S(=O)(c1ccccc1)N1CCC2(CC1)CC(CCOc1ccncc1)CCO2. The van der Waals surface area contributed by atoms with E-state index in [1.807, 2.05) is 18.2 Å². The largest absolute Gasteiger partial charge is 0.493 e. The second kappa shape index (κ2) is 8.81. The number of rotatable bonds is 6. The van der Waals surface area contributed by atoms with Crippen LogP contribution in [0.25, 0.3) is 0 Å². The van der Waals surface area contributed by atoms with Gasteiger partial charge in [0, 0.05) is 32.1 Å². The average molecular weight is 417 g/mol. The van der Waals surface area contributed by atoms with E-state index in [9.17, 15) is 8.42 Å². The number of aromatic nitrogens is 1. The minimum absolute atomic E-state index is 0.192. The molecule has 0 aliphatic carbocycles. The molecule has 0 saturated carbocycles. The summed E-state index contributed by atoms with van der Waals surface area (Å²) in [6, 6.07) is 12.4. The van der Waals surface area contributed by atoms with Crippen molar-refractivity contribution in [2.45, 2.75) is 42.6 Å². The molecule has 1 atom stereocenters. The molecule has 2 aromatic rings. The molecule has 3 heterocycles. The third kappa shape index (κ3) is 4.79. The van der Waals surface area contributed by atoms with E-state index < -0.39 is 10.0 Å². The molecule has 2 aliphatic rings. The van der Waals surface area contributed by atoms with E-state index in [0.29, 0.717) is 30.5 Å². The molecule has 1 aromatic carbocycles. The fourth-order valence-electron chi connectivity index (χ4n) is 4.38. The summed E-state index contributed by atoms with van der Waals surface area (Å²) in [5.74, 6) is 1.39. The molecule has 4 rings (SSSR count). The molecule has 0 bridgehead atoms. The Kier molecular flexibility index (Phi) is 6.18. The van der Waals surface area contributed by atoms with Gasteiger partial charge in [0.1, 0.15) is 5.75 Å². The van der Waals surface area contributed by atoms with Gasteiger partial charge in [-0.1, -0.05) is 18.2 Å². The Balaban J connectivity index is 1.31. The van der Waals surface area contributed by atoms with Crippen molar-refractivity contribution in [2.24, 2.45) is 5.92 Å². The average Bonchev–Trinajstić information content (AvgIpc) is 2.76. The molecule has 0 amide bonds. The van der Waals surface area contributed by atoms with Crippen LogP contribution in [0.5, 0.6) is 5.75 Å². The van der Waals surface area contributed by atoms with E-state index in [0.717, 1.165) is 44.5 Å². The lowest BCUT2D eigenvalue weighted by Gasteiger charge is -2.45. The van der Waals surface area contributed by atoms with Crippen molar-refractivity contribution < 1.29 is 17.9 Å². The van der Waals surface area contributed by atoms with Gasteiger partial charge in [0.15, 0.2) is 0 Å². The van der Waals surface area contributed by atoms with Crippen LogP contribution in [0.15, 0.2) is 59.8 Å². The van der Waals surface area contributed by atoms with Crippen LogP contribution in [-0.4, -0.2) is 49.6 Å². The van der Waals surface area contributed by atoms with E-state index in [4.69, 9.17) is 9.47 Å². The van der Waals surface area contributed by atoms with Crippen molar-refractivity contribution in [3.05, 3.63) is 54.9 Å². The van der Waals surface area contributed by atoms with Crippen LogP contribution in [0.4, 0.5) is 0 Å². The van der Waals surface area contributed by atoms with Crippen LogP contribution in [0.1, 0.15) is 32.1 Å². The summed E-state index contributed by atoms with van der Waals surface area (Å²) in [5.41, 5.74) is -0.192. The second-order valence-corrected chi connectivity index (χ2v) is 9.87. The first-order valence-electron chi connectivity index (χ1n) is 10.3. The van der Waals surface area contributed by atoms with Gasteiger partial charge in [0.2, 0.25) is 10.0 Å². The predicted octanol–water partition coefficient (Wildman–Crippen LogP) is 3.50. The third-order valence-corrected chi connectivity index (χ3v) is 7.97. The van der Waals surface area contributed by atoms with Crippen molar-refractivity contribution in [1.29, 1.82) is 0 Å². The number of hydrogen-bond donors (Lipinski definition) is 0. The summed E-state index contributed by atoms with van der Waals surface area (Å²) in [6.45, 7) is 2.44. The number of nitrogens with zero attached hydrogens (tertiary/aromatic N) is 2. The number of pyridine rings is 1. The lowest BCUT2D eigenvalue weighted by molar-refractivity contribution is -0.122. The molecule has 29 heavy (non-hydrogen) atoms. The fraction of sp³-hybridized carbons (Fsp3) is 0.500. The Morgan fingerprint density at radius 2 is 1.83 bits per heavy atom. The zero-order valence-electron chi connectivity index (χ0n) is 16.6. The number of benzene rings is 1. The zero-order chi connectivity index (χ0) is 20.2. The first kappa shape index (κ1) is 20.3. The predicted molar refractivity (Wildman–Crippen MR) is 110 cm³/mol. The third-order valence-electron chi connectivity index (χ3n) is 6.05. The first-order chi connectivity index (χ1) is 14.1. The van der Waals surface area contributed by atoms with E-state index in [2.05, 4.69) is 4.98 Å². The van der Waals surface area contributed by atoms with Crippen LogP contribution in [0.3, 0.4) is 0 Å². The van der Waals surface area contributed by atoms with Crippen LogP contribution in [0, 0.1) is 5.92 Å². The molecule has 2 aliphatic heterocycles. The molecule has 1 spiro atoms. The van der Waals surface area contributed by atoms with Crippen molar-refractivity contribution in [1.82, 2.24) is 9.29 Å². The standard InChI is InChI=1S/C22H28N2O4S/c25-29(26,21-4-2-1-3-5-21)24-14-10-22(11-15-24)18-19(9-17-28-22)8-16-27-20-6-12-23-13-7-20/h1-7,12-13,19H,8-11,14-18H2. The summed E-state index contributed by atoms with van der Waals surface area (Å²) in [5, 5.41) is 0. The molecular weight excluding hydrogens is 388 g/mol. The quantitative estimate of drug-likeness (QED) is 0.721. The van der Waals surface area contributed by atoms with E-state index in [1.165, 1.54) is 0 Å². The molecule has 2 saturated heterocycles. The highest BCUT2D eigenvalue weighted by atomic mass is 32.2. The number of hydrogen-bond acceptors (Lipinski definition) is 5. The van der Waals surface area contributed by atoms with Gasteiger partial charge in [-0.2, -0.15) is 4.31 Å². The lowest BCUT2D eigenvalue weighted by Crippen LogP contribution is -2.50. The van der Waals surface area contributed by atoms with Gasteiger partial charge in [0.05, 0.1) is 17.1 Å². The van der Waals surface area contributed by atoms with Gasteiger partial charge < -0.3 is 9.47 Å². The second-order valence-electron chi connectivity index (χ2n) is 7.93. The van der Waals surface area contributed by atoms with E-state index >= 15 is 0 Å². The van der Waals surface area contributed by atoms with Crippen molar-refractivity contribution in [3.63, 3.8) is 0 Å². The molecule has 0 radical (unpaired) electrons. The van der Waals surface area contributed by atoms with E-state index in [-0.39, 0.29) is 5.60 Å². The summed E-state index contributed by atoms with van der Waals surface area (Å²) >= 11 is 0. The summed E-state index contributed by atoms with van der Waals surface area (Å²) in [7, 11) is -3.42. The Labute approximate surface area is 172 Å². The maximum Gasteiger partial charge on any atom is 0.243 e. The molecule has 2 fully saturated rings. The fourth-order valence-corrected chi connectivity index (χ4v) is 5.84. The monoisotopic (exact) mass is 416 g/mol. The van der Waals surface area contributed by atoms with Crippen LogP contribution in [-0.2, 0) is 14.8 Å². The van der Waals surface area contributed by atoms with Gasteiger partial charge in [-0.05, 0) is 62.3 Å². The summed E-state index contributed by atoms with van der Waals surface area (Å²) < 4.78 is 39.4. The van der Waals surface area contributed by atoms with Gasteiger partial charge in [-0.15, -0.1) is 0 Å². The van der Waals surface area contributed by atoms with Crippen LogP contribution < -0.4 is 4.74 Å². The Morgan fingerprint density at radius 1 is 1.10 bits per heavy atom. The highest BCUT2D eigenvalue weighted by Gasteiger charge is 2.42. The van der Waals surface area contributed by atoms with Gasteiger partial charge in [-0.3, -0.25) is 4.98 Å². The normalized spacial score (nSPS) is 22.4. The molecule has 156 valence electrons. The maximum atomic E-state index is 12.9. The Hall–Kier alpha value is -1.96. The topological polar surface area (TPSA) is 68.7 Å². The highest BCUT2D eigenvalue weighted by molar-refractivity contribution is 7.89.